The molecule has 0 spiro atoms. The van der Waals surface area contributed by atoms with Gasteiger partial charge in [-0.3, -0.25) is 9.00 Å². The Hall–Kier alpha value is -0.975. The molecule has 152 valence electrons. The van der Waals surface area contributed by atoms with Crippen molar-refractivity contribution >= 4 is 29.2 Å². The highest BCUT2D eigenvalue weighted by atomic mass is 32.2. The molecule has 4 nitrogen and oxygen atoms in total. The first-order valence-electron chi connectivity index (χ1n) is 10.5. The third-order valence-electron chi connectivity index (χ3n) is 7.14. The van der Waals surface area contributed by atoms with Crippen molar-refractivity contribution in [2.75, 3.05) is 0 Å². The van der Waals surface area contributed by atoms with Gasteiger partial charge in [0.1, 0.15) is 5.78 Å². The molecular formula is C22H31BO4S. The minimum absolute atomic E-state index is 0.0794. The predicted octanol–water partition coefficient (Wildman–Crippen LogP) is 3.18. The van der Waals surface area contributed by atoms with Crippen LogP contribution in [-0.4, -0.2) is 38.8 Å². The molecule has 0 radical (unpaired) electrons. The zero-order chi connectivity index (χ0) is 20.1. The molecule has 0 aromatic heterocycles. The van der Waals surface area contributed by atoms with Crippen molar-refractivity contribution in [3.8, 4) is 0 Å². The summed E-state index contributed by atoms with van der Waals surface area (Å²) in [5.41, 5.74) is 1.30. The Bertz CT molecular complexity index is 741. The standard InChI is InChI=1S/C22H31BO4S/c1-21(2)22(3,4)27-23(26-21)17-10-8-15(9-11-17)12-20(24)16-13-18-6-5-7-19(14-16)28(18)25/h8-11,16,18-19H,5-7,12-14H2,1-4H3. The van der Waals surface area contributed by atoms with Gasteiger partial charge in [-0.1, -0.05) is 30.7 Å². The number of hydrogen-bond donors (Lipinski definition) is 0. The molecule has 4 rings (SSSR count). The van der Waals surface area contributed by atoms with Crippen LogP contribution in [0.15, 0.2) is 24.3 Å². The van der Waals surface area contributed by atoms with Gasteiger partial charge in [0.2, 0.25) is 0 Å². The van der Waals surface area contributed by atoms with Gasteiger partial charge in [-0.15, -0.1) is 0 Å². The Morgan fingerprint density at radius 1 is 1.04 bits per heavy atom. The SMILES string of the molecule is CC1(C)OB(c2ccc(CC(=O)C3CC4CCCC(C3)S4=O)cc2)OC1(C)C. The van der Waals surface area contributed by atoms with E-state index in [0.717, 1.165) is 36.7 Å². The van der Waals surface area contributed by atoms with E-state index >= 15 is 0 Å². The minimum Gasteiger partial charge on any atom is -0.399 e. The van der Waals surface area contributed by atoms with Crippen molar-refractivity contribution in [1.29, 1.82) is 0 Å². The second kappa shape index (κ2) is 7.37. The lowest BCUT2D eigenvalue weighted by Gasteiger charge is -2.37. The van der Waals surface area contributed by atoms with E-state index in [-0.39, 0.29) is 34.7 Å². The Balaban J connectivity index is 1.39. The van der Waals surface area contributed by atoms with Crippen LogP contribution >= 0.6 is 0 Å². The molecule has 0 aliphatic carbocycles. The molecule has 2 atom stereocenters. The van der Waals surface area contributed by atoms with Crippen LogP contribution in [0.4, 0.5) is 0 Å². The van der Waals surface area contributed by atoms with E-state index in [1.54, 1.807) is 0 Å². The summed E-state index contributed by atoms with van der Waals surface area (Å²) in [7, 11) is -1.09. The van der Waals surface area contributed by atoms with Crippen LogP contribution in [-0.2, 0) is 31.3 Å². The van der Waals surface area contributed by atoms with Crippen molar-refractivity contribution in [2.45, 2.75) is 87.9 Å². The average molecular weight is 402 g/mol. The summed E-state index contributed by atoms with van der Waals surface area (Å²) < 4.78 is 24.6. The maximum atomic E-state index is 12.9. The molecule has 2 unspecified atom stereocenters. The lowest BCUT2D eigenvalue weighted by atomic mass is 9.78. The molecule has 3 fully saturated rings. The van der Waals surface area contributed by atoms with Crippen molar-refractivity contribution in [1.82, 2.24) is 0 Å². The van der Waals surface area contributed by atoms with E-state index in [0.29, 0.717) is 12.2 Å². The number of carbonyl (C=O) groups excluding carboxylic acids is 1. The van der Waals surface area contributed by atoms with Gasteiger partial charge in [-0.2, -0.15) is 0 Å². The van der Waals surface area contributed by atoms with E-state index in [1.807, 2.05) is 52.0 Å². The number of Topliss-reactive ketones (excluding diaryl/α,β-unsaturated/α-hetero) is 1. The lowest BCUT2D eigenvalue weighted by molar-refractivity contribution is -0.122. The minimum atomic E-state index is -0.717. The van der Waals surface area contributed by atoms with Crippen LogP contribution in [0.1, 0.15) is 65.4 Å². The van der Waals surface area contributed by atoms with Crippen LogP contribution in [0.5, 0.6) is 0 Å². The number of benzene rings is 1. The highest BCUT2D eigenvalue weighted by Gasteiger charge is 2.51. The summed E-state index contributed by atoms with van der Waals surface area (Å²) in [6.07, 6.45) is 5.30. The largest absolute Gasteiger partial charge is 0.494 e. The Labute approximate surface area is 171 Å². The Morgan fingerprint density at radius 3 is 2.11 bits per heavy atom. The molecule has 3 aliphatic heterocycles. The molecular weight excluding hydrogens is 371 g/mol. The first-order chi connectivity index (χ1) is 13.2. The molecule has 1 aromatic rings. The predicted molar refractivity (Wildman–Crippen MR) is 113 cm³/mol. The molecule has 2 bridgehead atoms. The zero-order valence-corrected chi connectivity index (χ0v) is 18.2. The normalized spacial score (nSPS) is 33.6. The van der Waals surface area contributed by atoms with E-state index in [2.05, 4.69) is 0 Å². The summed E-state index contributed by atoms with van der Waals surface area (Å²) in [4.78, 5) is 12.9. The maximum Gasteiger partial charge on any atom is 0.494 e. The fourth-order valence-electron chi connectivity index (χ4n) is 4.61. The van der Waals surface area contributed by atoms with E-state index in [1.165, 1.54) is 6.42 Å². The fourth-order valence-corrected chi connectivity index (χ4v) is 6.80. The van der Waals surface area contributed by atoms with Gasteiger partial charge in [0.05, 0.1) is 11.2 Å². The molecule has 0 saturated carbocycles. The van der Waals surface area contributed by atoms with Crippen molar-refractivity contribution in [3.05, 3.63) is 29.8 Å². The Kier molecular flexibility index (Phi) is 5.34. The van der Waals surface area contributed by atoms with Crippen molar-refractivity contribution < 1.29 is 18.3 Å². The highest BCUT2D eigenvalue weighted by Crippen LogP contribution is 2.38. The summed E-state index contributed by atoms with van der Waals surface area (Å²) in [6.45, 7) is 8.19. The van der Waals surface area contributed by atoms with E-state index in [4.69, 9.17) is 9.31 Å². The first-order valence-corrected chi connectivity index (χ1v) is 11.8. The molecule has 3 aliphatic rings. The molecule has 1 aromatic carbocycles. The van der Waals surface area contributed by atoms with Gasteiger partial charge in [0, 0.05) is 33.6 Å². The number of rotatable bonds is 4. The smallest absolute Gasteiger partial charge is 0.399 e. The molecule has 3 heterocycles. The summed E-state index contributed by atoms with van der Waals surface area (Å²) >= 11 is 0. The topological polar surface area (TPSA) is 52.6 Å². The van der Waals surface area contributed by atoms with Gasteiger partial charge in [-0.05, 0) is 64.4 Å². The second-order valence-corrected chi connectivity index (χ2v) is 11.6. The van der Waals surface area contributed by atoms with Crippen molar-refractivity contribution in [3.63, 3.8) is 0 Å². The van der Waals surface area contributed by atoms with E-state index < -0.39 is 10.8 Å². The van der Waals surface area contributed by atoms with Gasteiger partial charge in [-0.25, -0.2) is 0 Å². The summed E-state index contributed by atoms with van der Waals surface area (Å²) in [5, 5.41) is 0.486. The fraction of sp³-hybridized carbons (Fsp3) is 0.682. The van der Waals surface area contributed by atoms with Gasteiger partial charge >= 0.3 is 7.12 Å². The lowest BCUT2D eigenvalue weighted by Crippen LogP contribution is -2.41. The molecule has 0 amide bonds. The van der Waals surface area contributed by atoms with Crippen molar-refractivity contribution in [2.24, 2.45) is 5.92 Å². The molecule has 6 heteroatoms. The monoisotopic (exact) mass is 402 g/mol. The number of hydrogen-bond acceptors (Lipinski definition) is 4. The number of fused-ring (bicyclic) bond motifs is 2. The van der Waals surface area contributed by atoms with Crippen LogP contribution < -0.4 is 5.46 Å². The third-order valence-corrected chi connectivity index (χ3v) is 9.31. The Morgan fingerprint density at radius 2 is 1.57 bits per heavy atom. The van der Waals surface area contributed by atoms with Gasteiger partial charge in [0.25, 0.3) is 0 Å². The second-order valence-electron chi connectivity index (χ2n) is 9.64. The number of ketones is 1. The molecule has 3 saturated heterocycles. The van der Waals surface area contributed by atoms with Crippen LogP contribution in [0.3, 0.4) is 0 Å². The van der Waals surface area contributed by atoms with Crippen LogP contribution in [0.2, 0.25) is 0 Å². The zero-order valence-electron chi connectivity index (χ0n) is 17.4. The van der Waals surface area contributed by atoms with E-state index in [9.17, 15) is 9.00 Å². The maximum absolute atomic E-state index is 12.9. The molecule has 0 N–H and O–H groups in total. The first kappa shape index (κ1) is 20.3. The quantitative estimate of drug-likeness (QED) is 0.726. The van der Waals surface area contributed by atoms with Crippen LogP contribution in [0.25, 0.3) is 0 Å². The molecule has 28 heavy (non-hydrogen) atoms. The van der Waals surface area contributed by atoms with Crippen LogP contribution in [0, 0.1) is 5.92 Å². The van der Waals surface area contributed by atoms with Gasteiger partial charge < -0.3 is 9.31 Å². The highest BCUT2D eigenvalue weighted by molar-refractivity contribution is 7.86. The van der Waals surface area contributed by atoms with Gasteiger partial charge in [0.15, 0.2) is 0 Å². The third kappa shape index (κ3) is 3.75. The summed E-state index contributed by atoms with van der Waals surface area (Å²) in [6, 6.07) is 8.05. The average Bonchev–Trinajstić information content (AvgIpc) is 2.83. The summed E-state index contributed by atoms with van der Waals surface area (Å²) in [5.74, 6) is 0.382. The number of carbonyl (C=O) groups is 1.